The predicted molar refractivity (Wildman–Crippen MR) is 62.5 cm³/mol. The number of aliphatic hydroxyl groups is 1. The summed E-state index contributed by atoms with van der Waals surface area (Å²) in [6.07, 6.45) is -0.0174. The number of nitrogens with one attached hydrogen (secondary N) is 1. The molecule has 0 bridgehead atoms. The van der Waals surface area contributed by atoms with Crippen LogP contribution >= 0.6 is 0 Å². The average Bonchev–Trinajstić information content (AvgIpc) is 2.21. The van der Waals surface area contributed by atoms with Crippen LogP contribution in [0.4, 0.5) is 0 Å². The van der Waals surface area contributed by atoms with Crippen molar-refractivity contribution in [2.45, 2.75) is 25.9 Å². The van der Waals surface area contributed by atoms with Crippen LogP contribution in [0.15, 0.2) is 0 Å². The van der Waals surface area contributed by atoms with Crippen LogP contribution in [0.5, 0.6) is 0 Å². The van der Waals surface area contributed by atoms with E-state index in [-0.39, 0.29) is 19.5 Å². The van der Waals surface area contributed by atoms with Crippen molar-refractivity contribution < 1.29 is 23.1 Å². The number of hydrogen-bond acceptors (Lipinski definition) is 5. The van der Waals surface area contributed by atoms with Gasteiger partial charge in [-0.1, -0.05) is 0 Å². The Morgan fingerprint density at radius 2 is 2.00 bits per heavy atom. The summed E-state index contributed by atoms with van der Waals surface area (Å²) in [6.45, 7) is 2.90. The first kappa shape index (κ1) is 16.3. The summed E-state index contributed by atoms with van der Waals surface area (Å²) in [6, 6.07) is 0. The highest BCUT2D eigenvalue weighted by Crippen LogP contribution is 2.02. The second kappa shape index (κ2) is 6.29. The van der Waals surface area contributed by atoms with Crippen LogP contribution in [0.3, 0.4) is 0 Å². The van der Waals surface area contributed by atoms with Gasteiger partial charge in [0.25, 0.3) is 10.2 Å². The van der Waals surface area contributed by atoms with Crippen molar-refractivity contribution >= 4 is 16.2 Å². The summed E-state index contributed by atoms with van der Waals surface area (Å²) in [4.78, 5) is 10.9. The fourth-order valence-corrected chi connectivity index (χ4v) is 1.94. The zero-order valence-electron chi connectivity index (χ0n) is 10.6. The maximum atomic E-state index is 11.6. The third-order valence-corrected chi connectivity index (χ3v) is 3.47. The molecule has 0 radical (unpaired) electrons. The molecule has 7 nitrogen and oxygen atoms in total. The number of ether oxygens (including phenoxy) is 1. The van der Waals surface area contributed by atoms with Gasteiger partial charge >= 0.3 is 5.97 Å². The van der Waals surface area contributed by atoms with E-state index in [2.05, 4.69) is 9.46 Å². The van der Waals surface area contributed by atoms with E-state index in [0.717, 1.165) is 4.31 Å². The number of methoxy groups -OCH3 is 1. The maximum absolute atomic E-state index is 11.6. The van der Waals surface area contributed by atoms with Crippen LogP contribution in [-0.4, -0.2) is 56.6 Å². The highest BCUT2D eigenvalue weighted by atomic mass is 32.2. The fourth-order valence-electron chi connectivity index (χ4n) is 0.849. The fraction of sp³-hybridized carbons (Fsp3) is 0.889. The van der Waals surface area contributed by atoms with Gasteiger partial charge in [0, 0.05) is 20.1 Å². The summed E-state index contributed by atoms with van der Waals surface area (Å²) in [5.74, 6) is -0.477. The number of nitrogens with zero attached hydrogens (tertiary/aromatic N) is 1. The van der Waals surface area contributed by atoms with Crippen LogP contribution in [-0.2, 0) is 19.7 Å². The Kier molecular flexibility index (Phi) is 6.03. The van der Waals surface area contributed by atoms with Gasteiger partial charge in [0.1, 0.15) is 0 Å². The summed E-state index contributed by atoms with van der Waals surface area (Å²) >= 11 is 0. The first-order valence-corrected chi connectivity index (χ1v) is 6.52. The van der Waals surface area contributed by atoms with Crippen LogP contribution in [0.25, 0.3) is 0 Å². The van der Waals surface area contributed by atoms with Crippen LogP contribution in [0.1, 0.15) is 20.3 Å². The minimum atomic E-state index is -3.68. The number of carbonyl (C=O) groups is 1. The molecule has 0 aromatic rings. The highest BCUT2D eigenvalue weighted by molar-refractivity contribution is 7.87. The molecule has 0 rings (SSSR count). The average molecular weight is 268 g/mol. The Balaban J connectivity index is 4.26. The van der Waals surface area contributed by atoms with Gasteiger partial charge in [-0.15, -0.1) is 0 Å². The molecular formula is C9H20N2O5S. The lowest BCUT2D eigenvalue weighted by molar-refractivity contribution is -0.140. The van der Waals surface area contributed by atoms with E-state index in [9.17, 15) is 18.3 Å². The maximum Gasteiger partial charge on any atom is 0.306 e. The van der Waals surface area contributed by atoms with Crippen LogP contribution < -0.4 is 4.72 Å². The largest absolute Gasteiger partial charge is 0.469 e. The van der Waals surface area contributed by atoms with Gasteiger partial charge in [0.15, 0.2) is 0 Å². The number of hydrogen-bond donors (Lipinski definition) is 2. The lowest BCUT2D eigenvalue weighted by Crippen LogP contribution is -2.45. The van der Waals surface area contributed by atoms with Crippen molar-refractivity contribution in [2.24, 2.45) is 0 Å². The monoisotopic (exact) mass is 268 g/mol. The molecule has 0 atom stereocenters. The molecule has 8 heteroatoms. The Labute approximate surface area is 102 Å². The summed E-state index contributed by atoms with van der Waals surface area (Å²) in [7, 11) is -1.10. The molecule has 0 saturated heterocycles. The van der Waals surface area contributed by atoms with E-state index in [4.69, 9.17) is 0 Å². The van der Waals surface area contributed by atoms with Crippen molar-refractivity contribution in [3.05, 3.63) is 0 Å². The molecule has 17 heavy (non-hydrogen) atoms. The molecule has 0 amide bonds. The molecule has 102 valence electrons. The molecule has 0 aliphatic rings. The topological polar surface area (TPSA) is 95.9 Å². The molecule has 0 heterocycles. The normalized spacial score (nSPS) is 12.8. The Bertz CT molecular complexity index is 347. The second-order valence-corrected chi connectivity index (χ2v) is 6.15. The Morgan fingerprint density at radius 3 is 2.41 bits per heavy atom. The van der Waals surface area contributed by atoms with E-state index >= 15 is 0 Å². The zero-order valence-corrected chi connectivity index (χ0v) is 11.4. The first-order chi connectivity index (χ1) is 7.58. The SMILES string of the molecule is COC(=O)CCN(C)S(=O)(=O)NCC(C)(C)O. The molecule has 0 saturated carbocycles. The molecule has 0 aliphatic carbocycles. The quantitative estimate of drug-likeness (QED) is 0.583. The zero-order chi connectivity index (χ0) is 13.7. The summed E-state index contributed by atoms with van der Waals surface area (Å²) in [5.41, 5.74) is -1.13. The van der Waals surface area contributed by atoms with Gasteiger partial charge in [0.05, 0.1) is 19.1 Å². The van der Waals surface area contributed by atoms with Gasteiger partial charge in [-0.2, -0.15) is 17.4 Å². The van der Waals surface area contributed by atoms with Gasteiger partial charge in [-0.3, -0.25) is 4.79 Å². The van der Waals surface area contributed by atoms with E-state index in [1.165, 1.54) is 28.0 Å². The van der Waals surface area contributed by atoms with Crippen molar-refractivity contribution in [1.82, 2.24) is 9.03 Å². The molecule has 0 aliphatic heterocycles. The molecule has 0 spiro atoms. The number of rotatable bonds is 7. The lowest BCUT2D eigenvalue weighted by Gasteiger charge is -2.21. The third kappa shape index (κ3) is 7.27. The van der Waals surface area contributed by atoms with E-state index in [1.807, 2.05) is 0 Å². The molecule has 0 aromatic heterocycles. The van der Waals surface area contributed by atoms with Crippen molar-refractivity contribution in [3.63, 3.8) is 0 Å². The highest BCUT2D eigenvalue weighted by Gasteiger charge is 2.22. The van der Waals surface area contributed by atoms with Gasteiger partial charge in [0.2, 0.25) is 0 Å². The number of esters is 1. The summed E-state index contributed by atoms with van der Waals surface area (Å²) in [5, 5.41) is 9.40. The first-order valence-electron chi connectivity index (χ1n) is 5.08. The van der Waals surface area contributed by atoms with Crippen LogP contribution in [0, 0.1) is 0 Å². The van der Waals surface area contributed by atoms with Crippen molar-refractivity contribution in [2.75, 3.05) is 27.2 Å². The third-order valence-electron chi connectivity index (χ3n) is 1.96. The van der Waals surface area contributed by atoms with Crippen molar-refractivity contribution in [1.29, 1.82) is 0 Å². The minimum Gasteiger partial charge on any atom is -0.469 e. The van der Waals surface area contributed by atoms with E-state index in [1.54, 1.807) is 0 Å². The van der Waals surface area contributed by atoms with Crippen LogP contribution in [0.2, 0.25) is 0 Å². The minimum absolute atomic E-state index is 0.0174. The van der Waals surface area contributed by atoms with Gasteiger partial charge < -0.3 is 9.84 Å². The number of carbonyl (C=O) groups excluding carboxylic acids is 1. The Morgan fingerprint density at radius 1 is 1.47 bits per heavy atom. The van der Waals surface area contributed by atoms with E-state index < -0.39 is 21.8 Å². The van der Waals surface area contributed by atoms with Crippen molar-refractivity contribution in [3.8, 4) is 0 Å². The van der Waals surface area contributed by atoms with E-state index in [0.29, 0.717) is 0 Å². The standard InChI is InChI=1S/C9H20N2O5S/c1-9(2,13)7-10-17(14,15)11(3)6-5-8(12)16-4/h10,13H,5-7H2,1-4H3. The molecule has 2 N–H and O–H groups in total. The smallest absolute Gasteiger partial charge is 0.306 e. The Hall–Kier alpha value is -0.700. The molecule has 0 aromatic carbocycles. The molecular weight excluding hydrogens is 248 g/mol. The lowest BCUT2D eigenvalue weighted by atomic mass is 10.1. The molecule has 0 fully saturated rings. The second-order valence-electron chi connectivity index (χ2n) is 4.29. The summed E-state index contributed by atoms with van der Waals surface area (Å²) < 4.78 is 30.9. The van der Waals surface area contributed by atoms with Gasteiger partial charge in [-0.05, 0) is 13.8 Å². The molecule has 0 unspecified atom stereocenters. The predicted octanol–water partition coefficient (Wildman–Crippen LogP) is -0.913. The van der Waals surface area contributed by atoms with Gasteiger partial charge in [-0.25, -0.2) is 0 Å².